The van der Waals surface area contributed by atoms with E-state index in [-0.39, 0.29) is 23.0 Å². The number of rotatable bonds is 4. The van der Waals surface area contributed by atoms with Crippen molar-refractivity contribution in [1.82, 2.24) is 9.78 Å². The fourth-order valence-electron chi connectivity index (χ4n) is 6.93. The third-order valence-electron chi connectivity index (χ3n) is 9.23. The van der Waals surface area contributed by atoms with Gasteiger partial charge in [0.05, 0.1) is 23.0 Å². The number of benzene rings is 2. The van der Waals surface area contributed by atoms with Crippen molar-refractivity contribution in [3.8, 4) is 22.9 Å². The molecule has 0 amide bonds. The number of fused-ring (bicyclic) bond motifs is 3. The van der Waals surface area contributed by atoms with Crippen LogP contribution in [0.5, 0.6) is 0 Å². The van der Waals surface area contributed by atoms with Gasteiger partial charge >= 0.3 is 0 Å². The summed E-state index contributed by atoms with van der Waals surface area (Å²) >= 11 is 0. The van der Waals surface area contributed by atoms with Crippen molar-refractivity contribution in [3.05, 3.63) is 77.2 Å². The van der Waals surface area contributed by atoms with Crippen LogP contribution in [-0.2, 0) is 11.8 Å². The van der Waals surface area contributed by atoms with Crippen LogP contribution in [0.25, 0.3) is 16.8 Å². The van der Waals surface area contributed by atoms with Gasteiger partial charge in [-0.25, -0.2) is 4.68 Å². The largest absolute Gasteiger partial charge is 0.511 e. The van der Waals surface area contributed by atoms with Crippen molar-refractivity contribution in [3.63, 3.8) is 0 Å². The summed E-state index contributed by atoms with van der Waals surface area (Å²) in [4.78, 5) is 2.39. The number of allylic oxidation sites excluding steroid dienone is 2. The first-order valence-electron chi connectivity index (χ1n) is 13.3. The zero-order valence-corrected chi connectivity index (χ0v) is 21.4. The number of hydrogen-bond acceptors (Lipinski definition) is 4. The molecule has 5 nitrogen and oxygen atoms in total. The molecule has 0 saturated heterocycles. The van der Waals surface area contributed by atoms with Crippen LogP contribution in [0, 0.1) is 23.2 Å². The highest BCUT2D eigenvalue weighted by molar-refractivity contribution is 5.65. The van der Waals surface area contributed by atoms with Gasteiger partial charge in [0.15, 0.2) is 5.82 Å². The van der Waals surface area contributed by atoms with E-state index in [4.69, 9.17) is 5.10 Å². The predicted molar refractivity (Wildman–Crippen MR) is 143 cm³/mol. The number of aliphatic hydroxyl groups is 1. The molecule has 36 heavy (non-hydrogen) atoms. The van der Waals surface area contributed by atoms with E-state index in [1.807, 2.05) is 6.07 Å². The lowest BCUT2D eigenvalue weighted by atomic mass is 9.57. The fraction of sp³-hybridized carbons (Fsp3) is 0.419. The molecule has 0 spiro atoms. The van der Waals surface area contributed by atoms with E-state index in [9.17, 15) is 10.4 Å². The maximum atomic E-state index is 10.8. The minimum atomic E-state index is -0.270. The van der Waals surface area contributed by atoms with E-state index < -0.39 is 0 Å². The summed E-state index contributed by atoms with van der Waals surface area (Å²) in [7, 11) is 2.19. The summed E-state index contributed by atoms with van der Waals surface area (Å²) in [5.74, 6) is 1.60. The molecule has 0 radical (unpaired) electrons. The summed E-state index contributed by atoms with van der Waals surface area (Å²) in [6, 6.07) is 22.0. The highest BCUT2D eigenvalue weighted by Crippen LogP contribution is 2.55. The molecule has 2 aromatic carbocycles. The van der Waals surface area contributed by atoms with E-state index in [0.717, 1.165) is 24.3 Å². The van der Waals surface area contributed by atoms with Crippen molar-refractivity contribution in [2.75, 3.05) is 11.9 Å². The Hall–Kier alpha value is -3.52. The second kappa shape index (κ2) is 8.55. The van der Waals surface area contributed by atoms with Crippen molar-refractivity contribution in [1.29, 1.82) is 5.26 Å². The summed E-state index contributed by atoms with van der Waals surface area (Å²) < 4.78 is 2.16. The number of nitrogens with zero attached hydrogens (tertiary/aromatic N) is 4. The van der Waals surface area contributed by atoms with Crippen LogP contribution in [0.15, 0.2) is 65.9 Å². The van der Waals surface area contributed by atoms with Gasteiger partial charge in [0.2, 0.25) is 0 Å². The second-order valence-electron chi connectivity index (χ2n) is 11.2. The highest BCUT2D eigenvalue weighted by atomic mass is 16.3. The number of hydrogen-bond donors (Lipinski definition) is 1. The van der Waals surface area contributed by atoms with Gasteiger partial charge in [-0.05, 0) is 67.7 Å². The molecule has 6 rings (SSSR count). The van der Waals surface area contributed by atoms with E-state index in [0.29, 0.717) is 18.0 Å². The Morgan fingerprint density at radius 1 is 1.06 bits per heavy atom. The van der Waals surface area contributed by atoms with Gasteiger partial charge in [-0.15, -0.1) is 5.10 Å². The average molecular weight is 479 g/mol. The number of aromatic nitrogens is 2. The Kier molecular flexibility index (Phi) is 5.44. The molecule has 0 unspecified atom stereocenters. The molecule has 1 saturated carbocycles. The van der Waals surface area contributed by atoms with Crippen LogP contribution in [0.3, 0.4) is 0 Å². The molecular weight excluding hydrogens is 444 g/mol. The average Bonchev–Trinajstić information content (AvgIpc) is 3.27. The Bertz CT molecular complexity index is 1360. The van der Waals surface area contributed by atoms with Crippen molar-refractivity contribution in [2.45, 2.75) is 63.8 Å². The monoisotopic (exact) mass is 478 g/mol. The summed E-state index contributed by atoms with van der Waals surface area (Å²) in [6.45, 7) is 4.37. The lowest BCUT2D eigenvalue weighted by molar-refractivity contribution is 0.134. The van der Waals surface area contributed by atoms with Crippen LogP contribution >= 0.6 is 0 Å². The van der Waals surface area contributed by atoms with E-state index in [1.54, 1.807) is 0 Å². The first kappa shape index (κ1) is 22.9. The second-order valence-corrected chi connectivity index (χ2v) is 11.2. The molecule has 1 fully saturated rings. The van der Waals surface area contributed by atoms with Gasteiger partial charge < -0.3 is 10.0 Å². The van der Waals surface area contributed by atoms with E-state index in [1.165, 1.54) is 41.6 Å². The van der Waals surface area contributed by atoms with Crippen LogP contribution < -0.4 is 4.90 Å². The molecule has 3 atom stereocenters. The van der Waals surface area contributed by atoms with Gasteiger partial charge in [0.1, 0.15) is 5.76 Å². The van der Waals surface area contributed by atoms with Crippen LogP contribution in [-0.4, -0.2) is 28.0 Å². The zero-order chi connectivity index (χ0) is 25.0. The smallest absolute Gasteiger partial charge is 0.154 e. The third-order valence-corrected chi connectivity index (χ3v) is 9.23. The minimum absolute atomic E-state index is 0.0387. The van der Waals surface area contributed by atoms with Crippen LogP contribution in [0.4, 0.5) is 5.82 Å². The van der Waals surface area contributed by atoms with Gasteiger partial charge in [0.25, 0.3) is 0 Å². The van der Waals surface area contributed by atoms with Crippen molar-refractivity contribution >= 4 is 5.82 Å². The van der Waals surface area contributed by atoms with E-state index in [2.05, 4.69) is 85.1 Å². The topological polar surface area (TPSA) is 65.1 Å². The standard InChI is InChI=1S/C31H34N4O/c1-20-27-17-16-26-29(31(27,2)18-23(19-32)28(20)36)35(33-30(26)34(3)24-10-7-11-24)25-14-12-22(13-15-25)21-8-5-4-6-9-21/h4-6,8-9,12-15,20,24,27,36H,7,10-11,16-18H2,1-3H3/t20-,27-,31-/m1/s1. The van der Waals surface area contributed by atoms with Gasteiger partial charge in [-0.2, -0.15) is 5.26 Å². The molecular formula is C31H34N4O. The van der Waals surface area contributed by atoms with E-state index >= 15 is 0 Å². The predicted octanol–water partition coefficient (Wildman–Crippen LogP) is 6.72. The maximum Gasteiger partial charge on any atom is 0.154 e. The first-order valence-corrected chi connectivity index (χ1v) is 13.3. The fourth-order valence-corrected chi connectivity index (χ4v) is 6.93. The van der Waals surface area contributed by atoms with Crippen molar-refractivity contribution < 1.29 is 5.11 Å². The van der Waals surface area contributed by atoms with Crippen molar-refractivity contribution in [2.24, 2.45) is 11.8 Å². The number of aliphatic hydroxyl groups excluding tert-OH is 1. The first-order chi connectivity index (χ1) is 17.4. The SMILES string of the molecule is C[C@H]1C(O)=C(C#N)C[C@@]2(C)c3c(c(N(C)C4CCC4)nn3-c3ccc(-c4ccccc4)cc3)CC[C@H]12. The maximum absolute atomic E-state index is 10.8. The minimum Gasteiger partial charge on any atom is -0.511 e. The lowest BCUT2D eigenvalue weighted by Gasteiger charge is -2.48. The summed E-state index contributed by atoms with van der Waals surface area (Å²) in [6.07, 6.45) is 6.22. The third kappa shape index (κ3) is 3.38. The number of nitriles is 1. The Labute approximate surface area is 213 Å². The molecule has 1 aromatic heterocycles. The zero-order valence-electron chi connectivity index (χ0n) is 21.4. The molecule has 1 heterocycles. The Morgan fingerprint density at radius 2 is 1.75 bits per heavy atom. The van der Waals surface area contributed by atoms with Gasteiger partial charge in [0, 0.05) is 30.0 Å². The Balaban J connectivity index is 1.50. The molecule has 0 bridgehead atoms. The molecule has 3 aliphatic carbocycles. The molecule has 1 N–H and O–H groups in total. The Morgan fingerprint density at radius 3 is 2.39 bits per heavy atom. The highest BCUT2D eigenvalue weighted by Gasteiger charge is 2.51. The number of anilines is 1. The summed E-state index contributed by atoms with van der Waals surface area (Å²) in [5.41, 5.74) is 6.22. The lowest BCUT2D eigenvalue weighted by Crippen LogP contribution is -2.45. The molecule has 3 aromatic rings. The molecule has 5 heteroatoms. The molecule has 3 aliphatic rings. The molecule has 0 aliphatic heterocycles. The summed E-state index contributed by atoms with van der Waals surface area (Å²) in [5, 5.41) is 25.9. The van der Waals surface area contributed by atoms with Crippen LogP contribution in [0.2, 0.25) is 0 Å². The quantitative estimate of drug-likeness (QED) is 0.452. The van der Waals surface area contributed by atoms with Crippen LogP contribution in [0.1, 0.15) is 57.2 Å². The molecule has 184 valence electrons. The van der Waals surface area contributed by atoms with Gasteiger partial charge in [-0.3, -0.25) is 0 Å². The normalized spacial score (nSPS) is 25.5. The van der Waals surface area contributed by atoms with Gasteiger partial charge in [-0.1, -0.05) is 56.3 Å².